The Kier molecular flexibility index (Phi) is 7.20. The molecule has 0 saturated heterocycles. The lowest BCUT2D eigenvalue weighted by molar-refractivity contribution is 1.16. The number of hydrogen-bond donors (Lipinski definition) is 0. The van der Waals surface area contributed by atoms with Gasteiger partial charge in [-0.2, -0.15) is 0 Å². The molecule has 58 heavy (non-hydrogen) atoms. The van der Waals surface area contributed by atoms with Gasteiger partial charge < -0.3 is 9.13 Å². The molecule has 0 saturated carbocycles. The van der Waals surface area contributed by atoms with Crippen molar-refractivity contribution in [1.29, 1.82) is 0 Å². The number of fused-ring (bicyclic) bond motifs is 11. The van der Waals surface area contributed by atoms with Gasteiger partial charge in [0.05, 0.1) is 33.5 Å². The molecule has 0 spiro atoms. The molecule has 9 aromatic carbocycles. The van der Waals surface area contributed by atoms with Crippen LogP contribution in [-0.4, -0.2) is 19.1 Å². The molecule has 4 heteroatoms. The van der Waals surface area contributed by atoms with Gasteiger partial charge in [-0.3, -0.25) is 0 Å². The molecule has 0 radical (unpaired) electrons. The SMILES string of the molecule is c1ccc(-c2cc(-c3ccccc3)nc(-c3cccc(-n4c5ccccc5c5c6ccc7ccc8c(c9ccccc9n8-c8ccccc8)c7c6ccc54)c3)n2)cc1. The Morgan fingerprint density at radius 3 is 1.47 bits per heavy atom. The molecule has 3 aromatic heterocycles. The van der Waals surface area contributed by atoms with Crippen LogP contribution in [0.1, 0.15) is 0 Å². The zero-order chi connectivity index (χ0) is 38.2. The second kappa shape index (κ2) is 12.9. The van der Waals surface area contributed by atoms with E-state index in [4.69, 9.17) is 9.97 Å². The summed E-state index contributed by atoms with van der Waals surface area (Å²) in [6, 6.07) is 73.7. The minimum Gasteiger partial charge on any atom is -0.309 e. The van der Waals surface area contributed by atoms with E-state index < -0.39 is 0 Å². The number of aromatic nitrogens is 4. The Morgan fingerprint density at radius 1 is 0.293 bits per heavy atom. The molecule has 3 heterocycles. The van der Waals surface area contributed by atoms with Crippen LogP contribution in [-0.2, 0) is 0 Å². The third kappa shape index (κ3) is 4.95. The fourth-order valence-corrected chi connectivity index (χ4v) is 9.16. The van der Waals surface area contributed by atoms with Gasteiger partial charge >= 0.3 is 0 Å². The fourth-order valence-electron chi connectivity index (χ4n) is 9.16. The summed E-state index contributed by atoms with van der Waals surface area (Å²) in [7, 11) is 0. The molecule has 0 N–H and O–H groups in total. The van der Waals surface area contributed by atoms with Crippen molar-refractivity contribution in [2.45, 2.75) is 0 Å². The van der Waals surface area contributed by atoms with Crippen LogP contribution in [0.3, 0.4) is 0 Å². The van der Waals surface area contributed by atoms with E-state index in [0.717, 1.165) is 50.5 Å². The van der Waals surface area contributed by atoms with Crippen molar-refractivity contribution in [2.24, 2.45) is 0 Å². The molecular formula is C54H34N4. The zero-order valence-corrected chi connectivity index (χ0v) is 31.4. The van der Waals surface area contributed by atoms with E-state index in [1.165, 1.54) is 54.1 Å². The van der Waals surface area contributed by atoms with Gasteiger partial charge in [-0.15, -0.1) is 0 Å². The molecule has 0 atom stereocenters. The molecule has 12 rings (SSSR count). The van der Waals surface area contributed by atoms with Crippen LogP contribution in [0.5, 0.6) is 0 Å². The minimum atomic E-state index is 0.693. The molecule has 0 unspecified atom stereocenters. The van der Waals surface area contributed by atoms with E-state index in [-0.39, 0.29) is 0 Å². The van der Waals surface area contributed by atoms with Gasteiger partial charge in [-0.1, -0.05) is 152 Å². The van der Waals surface area contributed by atoms with Gasteiger partial charge in [0.15, 0.2) is 5.82 Å². The first kappa shape index (κ1) is 32.4. The molecule has 0 aliphatic heterocycles. The normalized spacial score (nSPS) is 11.8. The van der Waals surface area contributed by atoms with Gasteiger partial charge in [0, 0.05) is 49.6 Å². The van der Waals surface area contributed by atoms with E-state index in [1.807, 2.05) is 12.1 Å². The number of nitrogens with zero attached hydrogens (tertiary/aromatic N) is 4. The third-order valence-electron chi connectivity index (χ3n) is 11.7. The monoisotopic (exact) mass is 738 g/mol. The van der Waals surface area contributed by atoms with E-state index in [9.17, 15) is 0 Å². The predicted molar refractivity (Wildman–Crippen MR) is 242 cm³/mol. The topological polar surface area (TPSA) is 35.6 Å². The van der Waals surface area contributed by atoms with Crippen molar-refractivity contribution in [2.75, 3.05) is 0 Å². The highest BCUT2D eigenvalue weighted by atomic mass is 15.0. The summed E-state index contributed by atoms with van der Waals surface area (Å²) in [5, 5.41) is 10.0. The first-order valence-corrected chi connectivity index (χ1v) is 19.8. The largest absolute Gasteiger partial charge is 0.309 e. The molecule has 0 aliphatic rings. The standard InChI is InChI=1S/C54H34N4/c1-4-15-35(16-5-1)45-34-46(36-17-6-2-7-18-36)56-54(55-45)38-19-14-22-40(33-38)58-47-25-12-10-23-43(47)52-42-29-27-37-28-31-50-53(51(37)41(42)30-32-49(52)58)44-24-11-13-26-48(44)57(50)39-20-8-3-9-21-39/h1-34H. The average Bonchev–Trinajstić information content (AvgIpc) is 3.83. The van der Waals surface area contributed by atoms with Crippen LogP contribution in [0.2, 0.25) is 0 Å². The number of para-hydroxylation sites is 3. The first-order chi connectivity index (χ1) is 28.8. The van der Waals surface area contributed by atoms with Crippen LogP contribution in [0.15, 0.2) is 206 Å². The van der Waals surface area contributed by atoms with Gasteiger partial charge in [-0.25, -0.2) is 9.97 Å². The molecule has 0 bridgehead atoms. The van der Waals surface area contributed by atoms with Crippen LogP contribution in [0.25, 0.3) is 110 Å². The lowest BCUT2D eigenvalue weighted by Gasteiger charge is -2.13. The summed E-state index contributed by atoms with van der Waals surface area (Å²) in [6.45, 7) is 0. The molecule has 0 aliphatic carbocycles. The van der Waals surface area contributed by atoms with Crippen LogP contribution < -0.4 is 0 Å². The maximum absolute atomic E-state index is 5.16. The van der Waals surface area contributed by atoms with E-state index in [0.29, 0.717) is 5.82 Å². The van der Waals surface area contributed by atoms with Crippen LogP contribution >= 0.6 is 0 Å². The molecular weight excluding hydrogens is 705 g/mol. The third-order valence-corrected chi connectivity index (χ3v) is 11.7. The van der Waals surface area contributed by atoms with Crippen molar-refractivity contribution in [3.63, 3.8) is 0 Å². The fraction of sp³-hybridized carbons (Fsp3) is 0. The smallest absolute Gasteiger partial charge is 0.160 e. The Morgan fingerprint density at radius 2 is 0.776 bits per heavy atom. The summed E-state index contributed by atoms with van der Waals surface area (Å²) in [5.74, 6) is 0.693. The summed E-state index contributed by atoms with van der Waals surface area (Å²) >= 11 is 0. The maximum atomic E-state index is 5.16. The minimum absolute atomic E-state index is 0.693. The molecule has 0 fully saturated rings. The Labute approximate surface area is 334 Å². The van der Waals surface area contributed by atoms with E-state index in [2.05, 4.69) is 203 Å². The van der Waals surface area contributed by atoms with Crippen molar-refractivity contribution >= 4 is 65.2 Å². The lowest BCUT2D eigenvalue weighted by Crippen LogP contribution is -1.98. The average molecular weight is 739 g/mol. The lowest BCUT2D eigenvalue weighted by atomic mass is 9.95. The second-order valence-corrected chi connectivity index (χ2v) is 15.0. The number of hydrogen-bond acceptors (Lipinski definition) is 2. The Hall–Kier alpha value is -7.82. The Balaban J connectivity index is 1.10. The van der Waals surface area contributed by atoms with E-state index in [1.54, 1.807) is 0 Å². The summed E-state index contributed by atoms with van der Waals surface area (Å²) in [4.78, 5) is 10.3. The number of rotatable bonds is 5. The highest BCUT2D eigenvalue weighted by Crippen LogP contribution is 2.44. The summed E-state index contributed by atoms with van der Waals surface area (Å²) in [5.41, 5.74) is 11.8. The number of benzene rings is 9. The predicted octanol–water partition coefficient (Wildman–Crippen LogP) is 14.0. The highest BCUT2D eigenvalue weighted by Gasteiger charge is 2.20. The zero-order valence-electron chi connectivity index (χ0n) is 31.4. The maximum Gasteiger partial charge on any atom is 0.160 e. The molecule has 4 nitrogen and oxygen atoms in total. The van der Waals surface area contributed by atoms with Crippen molar-refractivity contribution in [1.82, 2.24) is 19.1 Å². The van der Waals surface area contributed by atoms with E-state index >= 15 is 0 Å². The van der Waals surface area contributed by atoms with Gasteiger partial charge in [-0.05, 0) is 76.1 Å². The first-order valence-electron chi connectivity index (χ1n) is 19.8. The van der Waals surface area contributed by atoms with Gasteiger partial charge in [0.1, 0.15) is 0 Å². The van der Waals surface area contributed by atoms with Crippen molar-refractivity contribution in [3.8, 4) is 45.3 Å². The van der Waals surface area contributed by atoms with Crippen molar-refractivity contribution < 1.29 is 0 Å². The van der Waals surface area contributed by atoms with Crippen LogP contribution in [0, 0.1) is 0 Å². The quantitative estimate of drug-likeness (QED) is 0.165. The molecule has 0 amide bonds. The Bertz CT molecular complexity index is 3490. The summed E-state index contributed by atoms with van der Waals surface area (Å²) < 4.78 is 4.81. The molecule has 270 valence electrons. The molecule has 12 aromatic rings. The van der Waals surface area contributed by atoms with Crippen LogP contribution in [0.4, 0.5) is 0 Å². The highest BCUT2D eigenvalue weighted by molar-refractivity contribution is 6.32. The second-order valence-electron chi connectivity index (χ2n) is 15.0. The summed E-state index contributed by atoms with van der Waals surface area (Å²) in [6.07, 6.45) is 0. The van der Waals surface area contributed by atoms with Gasteiger partial charge in [0.25, 0.3) is 0 Å². The van der Waals surface area contributed by atoms with Gasteiger partial charge in [0.2, 0.25) is 0 Å². The van der Waals surface area contributed by atoms with Crippen molar-refractivity contribution in [3.05, 3.63) is 206 Å².